The lowest BCUT2D eigenvalue weighted by Crippen LogP contribution is -2.25. The smallest absolute Gasteiger partial charge is 0.226 e. The van der Waals surface area contributed by atoms with E-state index in [-0.39, 0.29) is 6.10 Å². The van der Waals surface area contributed by atoms with E-state index in [1.54, 1.807) is 7.11 Å². The van der Waals surface area contributed by atoms with E-state index in [0.29, 0.717) is 23.7 Å². The second kappa shape index (κ2) is 7.48. The number of methoxy groups -OCH3 is 1. The molecule has 1 rings (SSSR count). The number of aryl methyl sites for hydroxylation is 1. The minimum Gasteiger partial charge on any atom is -0.373 e. The van der Waals surface area contributed by atoms with Crippen molar-refractivity contribution in [2.24, 2.45) is 5.92 Å². The second-order valence-corrected chi connectivity index (χ2v) is 4.94. The van der Waals surface area contributed by atoms with Crippen molar-refractivity contribution < 1.29 is 9.26 Å². The number of hydrogen-bond donors (Lipinski definition) is 1. The molecule has 0 aliphatic rings. The third kappa shape index (κ3) is 4.38. The number of nitrogens with zero attached hydrogens (tertiary/aromatic N) is 2. The first-order valence-electron chi connectivity index (χ1n) is 6.67. The van der Waals surface area contributed by atoms with E-state index in [1.165, 1.54) is 0 Å². The van der Waals surface area contributed by atoms with Gasteiger partial charge < -0.3 is 14.6 Å². The molecule has 1 aromatic rings. The van der Waals surface area contributed by atoms with Crippen molar-refractivity contribution in [1.29, 1.82) is 0 Å². The van der Waals surface area contributed by atoms with E-state index in [9.17, 15) is 0 Å². The summed E-state index contributed by atoms with van der Waals surface area (Å²) in [6.45, 7) is 9.41. The van der Waals surface area contributed by atoms with Gasteiger partial charge in [0.15, 0.2) is 0 Å². The number of aromatic nitrogens is 2. The SMILES string of the molecule is CCNC(C)CCc1nc(C(OC)C(C)C)no1. The Morgan fingerprint density at radius 3 is 2.61 bits per heavy atom. The summed E-state index contributed by atoms with van der Waals surface area (Å²) in [5.74, 6) is 1.68. The Bertz CT molecular complexity index is 339. The lowest BCUT2D eigenvalue weighted by atomic mass is 10.1. The maximum absolute atomic E-state index is 5.38. The van der Waals surface area contributed by atoms with Gasteiger partial charge in [0, 0.05) is 19.6 Å². The van der Waals surface area contributed by atoms with Crippen molar-refractivity contribution in [2.75, 3.05) is 13.7 Å². The largest absolute Gasteiger partial charge is 0.373 e. The zero-order chi connectivity index (χ0) is 13.5. The molecule has 0 aliphatic heterocycles. The van der Waals surface area contributed by atoms with Crippen molar-refractivity contribution in [1.82, 2.24) is 15.5 Å². The fourth-order valence-electron chi connectivity index (χ4n) is 1.95. The molecule has 0 aliphatic carbocycles. The van der Waals surface area contributed by atoms with Crippen molar-refractivity contribution in [3.63, 3.8) is 0 Å². The number of nitrogens with one attached hydrogen (secondary N) is 1. The molecule has 0 fully saturated rings. The molecule has 0 amide bonds. The van der Waals surface area contributed by atoms with E-state index < -0.39 is 0 Å². The number of rotatable bonds is 8. The highest BCUT2D eigenvalue weighted by molar-refractivity contribution is 4.93. The van der Waals surface area contributed by atoms with Crippen LogP contribution in [0.3, 0.4) is 0 Å². The molecule has 0 bridgehead atoms. The van der Waals surface area contributed by atoms with E-state index >= 15 is 0 Å². The molecule has 0 saturated carbocycles. The first-order valence-corrected chi connectivity index (χ1v) is 6.67. The van der Waals surface area contributed by atoms with Crippen molar-refractivity contribution in [2.45, 2.75) is 52.7 Å². The first-order chi connectivity index (χ1) is 8.58. The van der Waals surface area contributed by atoms with Crippen LogP contribution in [0.5, 0.6) is 0 Å². The first kappa shape index (κ1) is 15.1. The number of hydrogen-bond acceptors (Lipinski definition) is 5. The van der Waals surface area contributed by atoms with Crippen molar-refractivity contribution in [3.05, 3.63) is 11.7 Å². The predicted molar refractivity (Wildman–Crippen MR) is 70.3 cm³/mol. The molecule has 104 valence electrons. The standard InChI is InChI=1S/C13H25N3O2/c1-6-14-10(4)7-8-11-15-13(16-18-11)12(17-5)9(2)3/h9-10,12,14H,6-8H2,1-5H3. The Hall–Kier alpha value is -0.940. The summed E-state index contributed by atoms with van der Waals surface area (Å²) in [5.41, 5.74) is 0. The molecule has 0 radical (unpaired) electrons. The van der Waals surface area contributed by atoms with Gasteiger partial charge in [-0.1, -0.05) is 25.9 Å². The molecule has 0 aromatic carbocycles. The molecule has 1 N–H and O–H groups in total. The molecule has 0 saturated heterocycles. The van der Waals surface area contributed by atoms with Crippen LogP contribution in [-0.4, -0.2) is 29.8 Å². The summed E-state index contributed by atoms with van der Waals surface area (Å²) in [6, 6.07) is 0.466. The fraction of sp³-hybridized carbons (Fsp3) is 0.846. The van der Waals surface area contributed by atoms with E-state index in [2.05, 4.69) is 43.2 Å². The third-order valence-electron chi connectivity index (χ3n) is 2.94. The van der Waals surface area contributed by atoms with Crippen LogP contribution in [0.25, 0.3) is 0 Å². The maximum Gasteiger partial charge on any atom is 0.226 e. The average Bonchev–Trinajstić information content (AvgIpc) is 2.76. The Labute approximate surface area is 109 Å². The highest BCUT2D eigenvalue weighted by Crippen LogP contribution is 2.22. The quantitative estimate of drug-likeness (QED) is 0.772. The summed E-state index contributed by atoms with van der Waals surface area (Å²) >= 11 is 0. The summed E-state index contributed by atoms with van der Waals surface area (Å²) in [5, 5.41) is 7.36. The summed E-state index contributed by atoms with van der Waals surface area (Å²) in [7, 11) is 1.67. The molecule has 5 nitrogen and oxygen atoms in total. The third-order valence-corrected chi connectivity index (χ3v) is 2.94. The Balaban J connectivity index is 2.52. The monoisotopic (exact) mass is 255 g/mol. The van der Waals surface area contributed by atoms with Gasteiger partial charge in [0.2, 0.25) is 11.7 Å². The van der Waals surface area contributed by atoms with Crippen LogP contribution >= 0.6 is 0 Å². The zero-order valence-corrected chi connectivity index (χ0v) is 12.1. The fourth-order valence-corrected chi connectivity index (χ4v) is 1.95. The molecule has 1 aromatic heterocycles. The Morgan fingerprint density at radius 2 is 2.06 bits per heavy atom. The van der Waals surface area contributed by atoms with E-state index in [0.717, 1.165) is 19.4 Å². The van der Waals surface area contributed by atoms with Crippen molar-refractivity contribution in [3.8, 4) is 0 Å². The van der Waals surface area contributed by atoms with Gasteiger partial charge in [-0.2, -0.15) is 4.98 Å². The van der Waals surface area contributed by atoms with Crippen LogP contribution in [0.1, 0.15) is 51.9 Å². The minimum atomic E-state index is -0.0892. The van der Waals surface area contributed by atoms with Gasteiger partial charge in [-0.25, -0.2) is 0 Å². The van der Waals surface area contributed by atoms with Gasteiger partial charge in [0.25, 0.3) is 0 Å². The van der Waals surface area contributed by atoms with Crippen LogP contribution in [-0.2, 0) is 11.2 Å². The lowest BCUT2D eigenvalue weighted by molar-refractivity contribution is 0.0555. The van der Waals surface area contributed by atoms with Crippen molar-refractivity contribution >= 4 is 0 Å². The lowest BCUT2D eigenvalue weighted by Gasteiger charge is -2.14. The second-order valence-electron chi connectivity index (χ2n) is 4.94. The molecular weight excluding hydrogens is 230 g/mol. The highest BCUT2D eigenvalue weighted by Gasteiger charge is 2.21. The zero-order valence-electron chi connectivity index (χ0n) is 12.1. The molecular formula is C13H25N3O2. The highest BCUT2D eigenvalue weighted by atomic mass is 16.5. The van der Waals surface area contributed by atoms with Gasteiger partial charge in [-0.05, 0) is 25.8 Å². The predicted octanol–water partition coefficient (Wildman–Crippen LogP) is 2.34. The summed E-state index contributed by atoms with van der Waals surface area (Å²) in [6.07, 6.45) is 1.71. The average molecular weight is 255 g/mol. The van der Waals surface area contributed by atoms with E-state index in [1.807, 2.05) is 0 Å². The van der Waals surface area contributed by atoms with E-state index in [4.69, 9.17) is 9.26 Å². The van der Waals surface area contributed by atoms with Gasteiger partial charge in [0.05, 0.1) is 0 Å². The summed E-state index contributed by atoms with van der Waals surface area (Å²) < 4.78 is 10.6. The Morgan fingerprint density at radius 1 is 1.33 bits per heavy atom. The topological polar surface area (TPSA) is 60.2 Å². The molecule has 18 heavy (non-hydrogen) atoms. The van der Waals surface area contributed by atoms with Crippen LogP contribution in [0.4, 0.5) is 0 Å². The molecule has 2 unspecified atom stereocenters. The van der Waals surface area contributed by atoms with Gasteiger partial charge in [0.1, 0.15) is 6.10 Å². The normalized spacial score (nSPS) is 15.0. The van der Waals surface area contributed by atoms with Gasteiger partial charge in [-0.15, -0.1) is 0 Å². The molecule has 5 heteroatoms. The molecule has 1 heterocycles. The maximum atomic E-state index is 5.38. The van der Waals surface area contributed by atoms with Crippen LogP contribution in [0.2, 0.25) is 0 Å². The number of ether oxygens (including phenoxy) is 1. The van der Waals surface area contributed by atoms with Gasteiger partial charge in [-0.3, -0.25) is 0 Å². The van der Waals surface area contributed by atoms with Crippen LogP contribution in [0.15, 0.2) is 4.52 Å². The van der Waals surface area contributed by atoms with Crippen LogP contribution < -0.4 is 5.32 Å². The van der Waals surface area contributed by atoms with Gasteiger partial charge >= 0.3 is 0 Å². The molecule has 2 atom stereocenters. The Kier molecular flexibility index (Phi) is 6.29. The molecule has 0 spiro atoms. The van der Waals surface area contributed by atoms with Crippen LogP contribution in [0, 0.1) is 5.92 Å². The minimum absolute atomic E-state index is 0.0892. The summed E-state index contributed by atoms with van der Waals surface area (Å²) in [4.78, 5) is 4.40.